The number of amides is 6. The Morgan fingerprint density at radius 2 is 0.911 bits per heavy atom. The van der Waals surface area contributed by atoms with E-state index in [1.165, 1.54) is 19.2 Å². The topological polar surface area (TPSA) is 165 Å². The number of carbonyl (C=O) groups is 8. The lowest BCUT2D eigenvalue weighted by Gasteiger charge is -2.10. The summed E-state index contributed by atoms with van der Waals surface area (Å²) in [7, 11) is 1.50. The van der Waals surface area contributed by atoms with Crippen LogP contribution in [0.1, 0.15) is 85.8 Å². The lowest BCUT2D eigenvalue weighted by Crippen LogP contribution is -2.31. The summed E-state index contributed by atoms with van der Waals surface area (Å²) in [4.78, 5) is 101. The van der Waals surface area contributed by atoms with E-state index in [0.29, 0.717) is 37.9 Å². The van der Waals surface area contributed by atoms with Crippen molar-refractivity contribution in [2.75, 3.05) is 7.05 Å². The smallest absolute Gasteiger partial charge is 0.330 e. The van der Waals surface area contributed by atoms with Crippen molar-refractivity contribution in [2.45, 2.75) is 27.7 Å². The number of imide groups is 3. The zero-order valence-corrected chi connectivity index (χ0v) is 25.3. The molecule has 230 valence electrons. The third-order valence-corrected chi connectivity index (χ3v) is 6.95. The Morgan fingerprint density at radius 3 is 1.24 bits per heavy atom. The van der Waals surface area contributed by atoms with Crippen LogP contribution in [0.3, 0.4) is 0 Å². The van der Waals surface area contributed by atoms with Gasteiger partial charge in [-0.2, -0.15) is 0 Å². The monoisotopic (exact) mass is 633 g/mol. The summed E-state index contributed by atoms with van der Waals surface area (Å²) in [5.41, 5.74) is 3.05. The Bertz CT molecular complexity index is 1760. The molecular formula is C31H24ClN3O10. The van der Waals surface area contributed by atoms with Crippen LogP contribution in [-0.2, 0) is 14.5 Å². The van der Waals surface area contributed by atoms with Gasteiger partial charge in [-0.15, -0.1) is 0 Å². The first-order valence-electron chi connectivity index (χ1n) is 13.1. The number of hydrogen-bond acceptors (Lipinski definition) is 10. The summed E-state index contributed by atoms with van der Waals surface area (Å²) in [6.45, 7) is 6.39. The van der Waals surface area contributed by atoms with Crippen LogP contribution >= 0.6 is 11.6 Å². The molecule has 0 aliphatic carbocycles. The first-order chi connectivity index (χ1) is 21.2. The molecule has 0 fully saturated rings. The van der Waals surface area contributed by atoms with E-state index in [-0.39, 0.29) is 28.5 Å². The molecule has 3 heterocycles. The number of nitrogens with zero attached hydrogens (tertiary/aromatic N) is 3. The second kappa shape index (κ2) is 12.5. The van der Waals surface area contributed by atoms with Crippen LogP contribution in [0.5, 0.6) is 0 Å². The minimum Gasteiger partial charge on any atom is -0.330 e. The van der Waals surface area contributed by atoms with E-state index in [0.717, 1.165) is 17.4 Å². The average molecular weight is 634 g/mol. The highest BCUT2D eigenvalue weighted by Crippen LogP contribution is 2.27. The van der Waals surface area contributed by atoms with Crippen LogP contribution in [0.2, 0.25) is 0 Å². The molecular weight excluding hydrogens is 610 g/mol. The van der Waals surface area contributed by atoms with Gasteiger partial charge in [0.1, 0.15) is 0 Å². The fraction of sp³-hybridized carbons (Fsp3) is 0.161. The molecule has 3 aliphatic heterocycles. The van der Waals surface area contributed by atoms with E-state index in [2.05, 4.69) is 9.68 Å². The molecule has 0 saturated carbocycles. The Kier molecular flexibility index (Phi) is 8.95. The maximum absolute atomic E-state index is 11.8. The number of benzene rings is 3. The van der Waals surface area contributed by atoms with Crippen LogP contribution in [0.25, 0.3) is 0 Å². The van der Waals surface area contributed by atoms with E-state index in [4.69, 9.17) is 11.6 Å². The van der Waals surface area contributed by atoms with Crippen LogP contribution in [-0.4, -0.2) is 68.9 Å². The zero-order valence-electron chi connectivity index (χ0n) is 24.5. The first-order valence-corrected chi connectivity index (χ1v) is 13.5. The van der Waals surface area contributed by atoms with Crippen LogP contribution in [0, 0.1) is 20.8 Å². The quantitative estimate of drug-likeness (QED) is 0.295. The summed E-state index contributed by atoms with van der Waals surface area (Å²) in [6, 6.07) is 15.1. The molecule has 6 amide bonds. The molecule has 0 saturated heterocycles. The van der Waals surface area contributed by atoms with Crippen molar-refractivity contribution in [3.8, 4) is 0 Å². The molecule has 3 aliphatic rings. The van der Waals surface area contributed by atoms with Crippen molar-refractivity contribution in [3.63, 3.8) is 0 Å². The molecule has 3 aromatic rings. The highest BCUT2D eigenvalue weighted by molar-refractivity contribution is 6.61. The highest BCUT2D eigenvalue weighted by atomic mass is 35.5. The van der Waals surface area contributed by atoms with Gasteiger partial charge in [-0.25, -0.2) is 9.59 Å². The van der Waals surface area contributed by atoms with E-state index >= 15 is 0 Å². The van der Waals surface area contributed by atoms with E-state index in [1.807, 2.05) is 13.0 Å². The van der Waals surface area contributed by atoms with Gasteiger partial charge in [-0.1, -0.05) is 46.5 Å². The molecule has 0 spiro atoms. The van der Waals surface area contributed by atoms with Crippen molar-refractivity contribution in [1.29, 1.82) is 0 Å². The molecule has 3 aromatic carbocycles. The van der Waals surface area contributed by atoms with Gasteiger partial charge in [-0.05, 0) is 55.7 Å². The van der Waals surface area contributed by atoms with Crippen molar-refractivity contribution in [1.82, 2.24) is 15.0 Å². The Hall–Kier alpha value is -5.69. The predicted octanol–water partition coefficient (Wildman–Crippen LogP) is 4.17. The number of aryl methyl sites for hydroxylation is 3. The lowest BCUT2D eigenvalue weighted by atomic mass is 10.0. The normalized spacial score (nSPS) is 14.3. The molecule has 0 aromatic heterocycles. The largest absolute Gasteiger partial charge is 0.428 e. The number of hydrogen-bond donors (Lipinski definition) is 0. The van der Waals surface area contributed by atoms with Gasteiger partial charge in [-0.3, -0.25) is 33.7 Å². The number of fused-ring (bicyclic) bond motifs is 3. The Morgan fingerprint density at radius 1 is 0.556 bits per heavy atom. The van der Waals surface area contributed by atoms with E-state index in [9.17, 15) is 38.4 Å². The second-order valence-corrected chi connectivity index (χ2v) is 10.2. The van der Waals surface area contributed by atoms with Gasteiger partial charge < -0.3 is 9.68 Å². The maximum Gasteiger partial charge on any atom is 0.428 e. The maximum atomic E-state index is 11.8. The molecule has 0 atom stereocenters. The summed E-state index contributed by atoms with van der Waals surface area (Å²) >= 11 is 4.96. The van der Waals surface area contributed by atoms with Crippen LogP contribution in [0.4, 0.5) is 4.79 Å². The zero-order chi connectivity index (χ0) is 33.3. The van der Waals surface area contributed by atoms with Gasteiger partial charge in [0.05, 0.1) is 33.4 Å². The van der Waals surface area contributed by atoms with Crippen molar-refractivity contribution in [3.05, 3.63) is 105 Å². The molecule has 0 radical (unpaired) electrons. The number of carbonyl (C=O) groups excluding carboxylic acids is 8. The minimum atomic E-state index is -1.23. The third-order valence-electron chi connectivity index (χ3n) is 6.88. The Labute approximate surface area is 260 Å². The number of halogens is 1. The summed E-state index contributed by atoms with van der Waals surface area (Å²) in [6.07, 6.45) is 0. The predicted molar refractivity (Wildman–Crippen MR) is 155 cm³/mol. The lowest BCUT2D eigenvalue weighted by molar-refractivity contribution is -0.165. The molecule has 6 rings (SSSR count). The van der Waals surface area contributed by atoms with Crippen LogP contribution < -0.4 is 0 Å². The van der Waals surface area contributed by atoms with Gasteiger partial charge in [0, 0.05) is 25.6 Å². The van der Waals surface area contributed by atoms with E-state index in [1.54, 1.807) is 50.2 Å². The molecule has 0 unspecified atom stereocenters. The fourth-order valence-electron chi connectivity index (χ4n) is 4.80. The van der Waals surface area contributed by atoms with Crippen molar-refractivity contribution in [2.24, 2.45) is 0 Å². The van der Waals surface area contributed by atoms with Crippen molar-refractivity contribution < 1.29 is 48.0 Å². The molecule has 13 nitrogen and oxygen atoms in total. The molecule has 0 bridgehead atoms. The summed E-state index contributed by atoms with van der Waals surface area (Å²) in [5.74, 6) is -3.65. The van der Waals surface area contributed by atoms with E-state index < -0.39 is 35.0 Å². The highest BCUT2D eigenvalue weighted by Gasteiger charge is 2.40. The number of rotatable bonds is 2. The molecule has 14 heteroatoms. The number of hydroxylamine groups is 4. The standard InChI is InChI=1S/C11H9NO4.C10H6ClNO4.C10H9NO2/c1-6-4-3-5-8-9(6)11(15)12(10(8)14)16-7(2)13;1-5-3-2-4-6-7(5)9(14)12(8(6)13)16-10(11)15;1-6-4-3-5-7-8(6)10(13)11(2)9(7)12/h3-5H,1-2H3;2-4H,1H3;3-5H,1-2H3. The van der Waals surface area contributed by atoms with Gasteiger partial charge in [0.2, 0.25) is 0 Å². The minimum absolute atomic E-state index is 0.196. The summed E-state index contributed by atoms with van der Waals surface area (Å²) < 4.78 is 0. The van der Waals surface area contributed by atoms with Gasteiger partial charge in [0.25, 0.3) is 35.4 Å². The van der Waals surface area contributed by atoms with Gasteiger partial charge >= 0.3 is 11.4 Å². The average Bonchev–Trinajstić information content (AvgIpc) is 3.47. The molecule has 0 N–H and O–H groups in total. The fourth-order valence-corrected chi connectivity index (χ4v) is 4.87. The second-order valence-electron chi connectivity index (χ2n) is 9.88. The van der Waals surface area contributed by atoms with Crippen LogP contribution in [0.15, 0.2) is 54.6 Å². The Balaban J connectivity index is 0.000000155. The third kappa shape index (κ3) is 5.93. The summed E-state index contributed by atoms with van der Waals surface area (Å²) in [5, 5.41) is 0.868. The molecule has 45 heavy (non-hydrogen) atoms. The first kappa shape index (κ1) is 32.2. The van der Waals surface area contributed by atoms with Crippen molar-refractivity contribution >= 4 is 58.4 Å². The SMILES string of the molecule is CC(=O)ON1C(=O)c2cccc(C)c2C1=O.Cc1cccc2c1C(=O)N(C)C2=O.Cc1cccc2c1C(=O)N(OC(=O)Cl)C2=O. The van der Waals surface area contributed by atoms with Gasteiger partial charge in [0.15, 0.2) is 0 Å².